The summed E-state index contributed by atoms with van der Waals surface area (Å²) < 4.78 is 26.9. The van der Waals surface area contributed by atoms with Gasteiger partial charge in [0.05, 0.1) is 4.90 Å². The van der Waals surface area contributed by atoms with Crippen LogP contribution in [0.2, 0.25) is 0 Å². The Balaban J connectivity index is 1.89. The van der Waals surface area contributed by atoms with Crippen LogP contribution in [0.25, 0.3) is 0 Å². The summed E-state index contributed by atoms with van der Waals surface area (Å²) in [4.78, 5) is 0.109. The van der Waals surface area contributed by atoms with E-state index in [4.69, 9.17) is 5.73 Å². The third-order valence-corrected chi connectivity index (χ3v) is 4.39. The van der Waals surface area contributed by atoms with Crippen molar-refractivity contribution < 1.29 is 8.78 Å². The van der Waals surface area contributed by atoms with Crippen molar-refractivity contribution >= 4 is 17.4 Å². The van der Waals surface area contributed by atoms with Crippen LogP contribution in [0.3, 0.4) is 0 Å². The van der Waals surface area contributed by atoms with Crippen LogP contribution in [0.5, 0.6) is 0 Å². The van der Waals surface area contributed by atoms with Crippen LogP contribution >= 0.6 is 11.8 Å². The second-order valence-electron chi connectivity index (χ2n) is 4.60. The highest BCUT2D eigenvalue weighted by Gasteiger charge is 2.16. The lowest BCUT2D eigenvalue weighted by atomic mass is 10.1. The molecular weight excluding hydrogens is 240 g/mol. The molecule has 2 N–H and O–H groups in total. The van der Waals surface area contributed by atoms with Gasteiger partial charge in [0.1, 0.15) is 11.6 Å². The fourth-order valence-corrected chi connectivity index (χ4v) is 3.39. The molecule has 0 bridgehead atoms. The summed E-state index contributed by atoms with van der Waals surface area (Å²) in [6, 6.07) is 2.36. The van der Waals surface area contributed by atoms with Crippen molar-refractivity contribution in [2.75, 3.05) is 11.5 Å². The lowest BCUT2D eigenvalue weighted by Gasteiger charge is -2.09. The van der Waals surface area contributed by atoms with Gasteiger partial charge < -0.3 is 5.73 Å². The molecule has 1 aromatic rings. The highest BCUT2D eigenvalue weighted by molar-refractivity contribution is 7.99. The van der Waals surface area contributed by atoms with Gasteiger partial charge in [0, 0.05) is 5.69 Å². The molecule has 0 amide bonds. The van der Waals surface area contributed by atoms with Crippen LogP contribution in [0, 0.1) is 17.6 Å². The molecule has 0 aliphatic heterocycles. The third-order valence-electron chi connectivity index (χ3n) is 3.27. The van der Waals surface area contributed by atoms with Crippen LogP contribution in [0.4, 0.5) is 14.5 Å². The molecular formula is C13H17F2NS. The van der Waals surface area contributed by atoms with Gasteiger partial charge in [-0.1, -0.05) is 25.7 Å². The van der Waals surface area contributed by atoms with E-state index in [1.807, 2.05) is 0 Å². The van der Waals surface area contributed by atoms with E-state index in [-0.39, 0.29) is 10.6 Å². The fourth-order valence-electron chi connectivity index (χ4n) is 2.34. The maximum Gasteiger partial charge on any atom is 0.141 e. The van der Waals surface area contributed by atoms with Gasteiger partial charge in [0.25, 0.3) is 0 Å². The van der Waals surface area contributed by atoms with E-state index < -0.39 is 11.6 Å². The van der Waals surface area contributed by atoms with E-state index in [1.54, 1.807) is 0 Å². The van der Waals surface area contributed by atoms with Gasteiger partial charge in [-0.3, -0.25) is 0 Å². The maximum atomic E-state index is 13.5. The molecule has 0 saturated heterocycles. The average molecular weight is 257 g/mol. The minimum Gasteiger partial charge on any atom is -0.399 e. The number of nitrogens with two attached hydrogens (primary N) is 1. The Bertz CT molecular complexity index is 366. The fraction of sp³-hybridized carbons (Fsp3) is 0.538. The Kier molecular flexibility index (Phi) is 4.26. The van der Waals surface area contributed by atoms with Gasteiger partial charge in [0.2, 0.25) is 0 Å². The van der Waals surface area contributed by atoms with Gasteiger partial charge in [-0.15, -0.1) is 11.8 Å². The Morgan fingerprint density at radius 3 is 2.35 bits per heavy atom. The van der Waals surface area contributed by atoms with E-state index in [1.165, 1.54) is 49.6 Å². The summed E-state index contributed by atoms with van der Waals surface area (Å²) in [6.45, 7) is 0. The van der Waals surface area contributed by atoms with E-state index in [0.717, 1.165) is 18.1 Å². The van der Waals surface area contributed by atoms with Crippen molar-refractivity contribution in [1.29, 1.82) is 0 Å². The van der Waals surface area contributed by atoms with E-state index in [2.05, 4.69) is 0 Å². The lowest BCUT2D eigenvalue weighted by molar-refractivity contribution is 0.530. The molecule has 2 rings (SSSR count). The van der Waals surface area contributed by atoms with Crippen LogP contribution in [0.15, 0.2) is 17.0 Å². The quantitative estimate of drug-likeness (QED) is 0.645. The number of rotatable bonds is 4. The second kappa shape index (κ2) is 5.71. The van der Waals surface area contributed by atoms with Gasteiger partial charge in [0.15, 0.2) is 0 Å². The summed E-state index contributed by atoms with van der Waals surface area (Å²) in [5.74, 6) is 0.447. The summed E-state index contributed by atoms with van der Waals surface area (Å²) in [5.41, 5.74) is 5.51. The predicted molar refractivity (Wildman–Crippen MR) is 68.1 cm³/mol. The number of hydrogen-bond donors (Lipinski definition) is 1. The van der Waals surface area contributed by atoms with Crippen molar-refractivity contribution in [3.63, 3.8) is 0 Å². The minimum atomic E-state index is -0.543. The normalized spacial score (nSPS) is 16.6. The zero-order chi connectivity index (χ0) is 12.3. The van der Waals surface area contributed by atoms with Crippen molar-refractivity contribution in [2.24, 2.45) is 5.92 Å². The number of anilines is 1. The van der Waals surface area contributed by atoms with E-state index >= 15 is 0 Å². The topological polar surface area (TPSA) is 26.0 Å². The average Bonchev–Trinajstić information content (AvgIpc) is 2.74. The van der Waals surface area contributed by atoms with Gasteiger partial charge in [-0.05, 0) is 30.2 Å². The number of thioether (sulfide) groups is 1. The highest BCUT2D eigenvalue weighted by Crippen LogP contribution is 2.32. The molecule has 17 heavy (non-hydrogen) atoms. The minimum absolute atomic E-state index is 0.109. The Hall–Kier alpha value is -0.770. The SMILES string of the molecule is Nc1cc(F)c(SCCC2CCCC2)c(F)c1. The van der Waals surface area contributed by atoms with Crippen LogP contribution < -0.4 is 5.73 Å². The molecule has 1 nitrogen and oxygen atoms in total. The molecule has 0 atom stereocenters. The molecule has 1 aromatic carbocycles. The van der Waals surface area contributed by atoms with Crippen molar-refractivity contribution in [3.05, 3.63) is 23.8 Å². The van der Waals surface area contributed by atoms with E-state index in [0.29, 0.717) is 0 Å². The molecule has 0 spiro atoms. The Morgan fingerprint density at radius 1 is 1.18 bits per heavy atom. The maximum absolute atomic E-state index is 13.5. The van der Waals surface area contributed by atoms with Crippen molar-refractivity contribution in [1.82, 2.24) is 0 Å². The largest absolute Gasteiger partial charge is 0.399 e. The summed E-state index contributed by atoms with van der Waals surface area (Å²) in [6.07, 6.45) is 6.20. The Morgan fingerprint density at radius 2 is 1.76 bits per heavy atom. The van der Waals surface area contributed by atoms with Crippen molar-refractivity contribution in [3.8, 4) is 0 Å². The first-order valence-electron chi connectivity index (χ1n) is 6.04. The second-order valence-corrected chi connectivity index (χ2v) is 5.71. The first-order valence-corrected chi connectivity index (χ1v) is 7.02. The van der Waals surface area contributed by atoms with Gasteiger partial charge in [-0.2, -0.15) is 0 Å². The molecule has 0 aromatic heterocycles. The van der Waals surface area contributed by atoms with Crippen LogP contribution in [-0.2, 0) is 0 Å². The molecule has 4 heteroatoms. The standard InChI is InChI=1S/C13H17F2NS/c14-11-7-10(16)8-12(15)13(11)17-6-5-9-3-1-2-4-9/h7-9H,1-6,16H2. The smallest absolute Gasteiger partial charge is 0.141 e. The number of hydrogen-bond acceptors (Lipinski definition) is 2. The third kappa shape index (κ3) is 3.35. The zero-order valence-electron chi connectivity index (χ0n) is 9.72. The first kappa shape index (κ1) is 12.7. The lowest BCUT2D eigenvalue weighted by Crippen LogP contribution is -1.97. The molecule has 0 radical (unpaired) electrons. The number of benzene rings is 1. The van der Waals surface area contributed by atoms with E-state index in [9.17, 15) is 8.78 Å². The number of halogens is 2. The predicted octanol–water partition coefficient (Wildman–Crippen LogP) is 4.22. The molecule has 1 aliphatic rings. The first-order chi connectivity index (χ1) is 8.16. The van der Waals surface area contributed by atoms with Gasteiger partial charge >= 0.3 is 0 Å². The monoisotopic (exact) mass is 257 g/mol. The van der Waals surface area contributed by atoms with Gasteiger partial charge in [-0.25, -0.2) is 8.78 Å². The molecule has 0 heterocycles. The Labute approximate surface area is 105 Å². The molecule has 1 aliphatic carbocycles. The zero-order valence-corrected chi connectivity index (χ0v) is 10.5. The van der Waals surface area contributed by atoms with Crippen LogP contribution in [-0.4, -0.2) is 5.75 Å². The molecule has 0 unspecified atom stereocenters. The van der Waals surface area contributed by atoms with Crippen molar-refractivity contribution in [2.45, 2.75) is 37.0 Å². The molecule has 94 valence electrons. The summed E-state index contributed by atoms with van der Waals surface area (Å²) >= 11 is 1.26. The van der Waals surface area contributed by atoms with Crippen LogP contribution in [0.1, 0.15) is 32.1 Å². The highest BCUT2D eigenvalue weighted by atomic mass is 32.2. The summed E-state index contributed by atoms with van der Waals surface area (Å²) in [7, 11) is 0. The molecule has 1 saturated carbocycles. The summed E-state index contributed by atoms with van der Waals surface area (Å²) in [5, 5.41) is 0. The number of nitrogen functional groups attached to an aromatic ring is 1. The molecule has 1 fully saturated rings.